The first-order valence-electron chi connectivity index (χ1n) is 10.4. The first-order valence-corrected chi connectivity index (χ1v) is 10.4. The molecule has 32 heavy (non-hydrogen) atoms. The third-order valence-electron chi connectivity index (χ3n) is 5.48. The van der Waals surface area contributed by atoms with Gasteiger partial charge >= 0.3 is 0 Å². The zero-order valence-corrected chi connectivity index (χ0v) is 17.9. The van der Waals surface area contributed by atoms with Crippen LogP contribution in [0.1, 0.15) is 16.1 Å². The van der Waals surface area contributed by atoms with E-state index in [4.69, 9.17) is 10.6 Å². The lowest BCUT2D eigenvalue weighted by Gasteiger charge is -2.18. The predicted molar refractivity (Wildman–Crippen MR) is 120 cm³/mol. The van der Waals surface area contributed by atoms with Gasteiger partial charge in [0.05, 0.1) is 28.5 Å². The number of nitrogens with zero attached hydrogens (tertiary/aromatic N) is 6. The number of aromatic nitrogens is 5. The van der Waals surface area contributed by atoms with E-state index in [0.717, 1.165) is 16.6 Å². The Bertz CT molecular complexity index is 1310. The zero-order valence-electron chi connectivity index (χ0n) is 17.9. The van der Waals surface area contributed by atoms with Crippen molar-refractivity contribution in [3.05, 3.63) is 53.9 Å². The van der Waals surface area contributed by atoms with Crippen LogP contribution in [0.4, 0.5) is 5.95 Å². The second kappa shape index (κ2) is 8.06. The highest BCUT2D eigenvalue weighted by atomic mass is 16.5. The van der Waals surface area contributed by atoms with E-state index >= 15 is 0 Å². The van der Waals surface area contributed by atoms with E-state index in [9.17, 15) is 4.79 Å². The lowest BCUT2D eigenvalue weighted by atomic mass is 10.1. The van der Waals surface area contributed by atoms with Gasteiger partial charge in [0.1, 0.15) is 6.61 Å². The van der Waals surface area contributed by atoms with Gasteiger partial charge in [-0.25, -0.2) is 14.7 Å². The fourth-order valence-corrected chi connectivity index (χ4v) is 3.88. The van der Waals surface area contributed by atoms with Crippen molar-refractivity contribution in [2.45, 2.75) is 13.5 Å². The van der Waals surface area contributed by atoms with Crippen LogP contribution in [0.25, 0.3) is 22.3 Å². The molecule has 1 aliphatic rings. The maximum Gasteiger partial charge on any atom is 0.258 e. The van der Waals surface area contributed by atoms with Crippen molar-refractivity contribution in [1.29, 1.82) is 0 Å². The highest BCUT2D eigenvalue weighted by Crippen LogP contribution is 2.29. The van der Waals surface area contributed by atoms with E-state index in [0.29, 0.717) is 55.0 Å². The van der Waals surface area contributed by atoms with Crippen LogP contribution >= 0.6 is 0 Å². The van der Waals surface area contributed by atoms with Gasteiger partial charge < -0.3 is 9.30 Å². The van der Waals surface area contributed by atoms with Crippen LogP contribution in [-0.2, 0) is 13.6 Å². The number of pyridine rings is 1. The molecule has 5 rings (SSSR count). The molecule has 0 aliphatic carbocycles. The Morgan fingerprint density at radius 1 is 1.12 bits per heavy atom. The van der Waals surface area contributed by atoms with Crippen LogP contribution in [0, 0.1) is 6.92 Å². The second-order valence-corrected chi connectivity index (χ2v) is 7.78. The number of fused-ring (bicyclic) bond motifs is 7. The summed E-state index contributed by atoms with van der Waals surface area (Å²) in [6.45, 7) is 3.87. The molecular formula is C22H24N8O2. The van der Waals surface area contributed by atoms with Gasteiger partial charge in [0.25, 0.3) is 5.91 Å². The van der Waals surface area contributed by atoms with E-state index in [1.54, 1.807) is 35.1 Å². The molecule has 10 heteroatoms. The number of nitrogens with one attached hydrogen (secondary N) is 1. The van der Waals surface area contributed by atoms with Gasteiger partial charge in [-0.05, 0) is 31.2 Å². The fraction of sp³-hybridized carbons (Fsp3) is 0.273. The number of imidazole rings is 1. The average molecular weight is 432 g/mol. The molecule has 1 amide bonds. The van der Waals surface area contributed by atoms with Gasteiger partial charge in [-0.15, -0.1) is 0 Å². The topological polar surface area (TPSA) is 116 Å². The minimum atomic E-state index is -0.265. The van der Waals surface area contributed by atoms with E-state index in [-0.39, 0.29) is 5.91 Å². The molecule has 1 aliphatic heterocycles. The normalized spacial score (nSPS) is 15.3. The SMILES string of the molecule is Cc1cc2cc(n1)-c1cnn(C)c1OCCN(N)CCn1c(nc3ccccc31)NC2=O. The van der Waals surface area contributed by atoms with Gasteiger partial charge in [-0.3, -0.25) is 20.9 Å². The molecule has 0 spiro atoms. The van der Waals surface area contributed by atoms with Crippen LogP contribution in [0.15, 0.2) is 42.6 Å². The smallest absolute Gasteiger partial charge is 0.258 e. The minimum Gasteiger partial charge on any atom is -0.476 e. The van der Waals surface area contributed by atoms with Crippen LogP contribution in [-0.4, -0.2) is 54.9 Å². The molecule has 0 saturated carbocycles. The quantitative estimate of drug-likeness (QED) is 0.408. The van der Waals surface area contributed by atoms with Gasteiger partial charge in [0.2, 0.25) is 11.8 Å². The summed E-state index contributed by atoms with van der Waals surface area (Å²) in [5.41, 5.74) is 4.27. The Kier molecular flexibility index (Phi) is 5.08. The number of aryl methyl sites for hydroxylation is 2. The molecule has 0 unspecified atom stereocenters. The van der Waals surface area contributed by atoms with Crippen LogP contribution < -0.4 is 15.9 Å². The van der Waals surface area contributed by atoms with Crippen molar-refractivity contribution < 1.29 is 9.53 Å². The van der Waals surface area contributed by atoms with Gasteiger partial charge in [-0.2, -0.15) is 5.10 Å². The Morgan fingerprint density at radius 3 is 2.84 bits per heavy atom. The summed E-state index contributed by atoms with van der Waals surface area (Å²) in [4.78, 5) is 22.5. The number of nitrogens with two attached hydrogens (primary N) is 1. The Labute approximate surface area is 184 Å². The molecule has 4 aromatic rings. The summed E-state index contributed by atoms with van der Waals surface area (Å²) in [6.07, 6.45) is 1.69. The summed E-state index contributed by atoms with van der Waals surface area (Å²) < 4.78 is 9.64. The number of hydrogen-bond donors (Lipinski definition) is 2. The van der Waals surface area contributed by atoms with Crippen molar-refractivity contribution in [2.75, 3.05) is 25.0 Å². The van der Waals surface area contributed by atoms with Crippen LogP contribution in [0.5, 0.6) is 5.88 Å². The lowest BCUT2D eigenvalue weighted by Crippen LogP contribution is -2.37. The number of ether oxygens (including phenoxy) is 1. The van der Waals surface area contributed by atoms with Crippen molar-refractivity contribution >= 4 is 22.9 Å². The van der Waals surface area contributed by atoms with E-state index in [1.165, 1.54) is 0 Å². The van der Waals surface area contributed by atoms with E-state index in [1.807, 2.05) is 35.8 Å². The largest absolute Gasteiger partial charge is 0.476 e. The standard InChI is InChI=1S/C22H24N8O2/c1-14-11-15-12-18(25-14)16-13-24-28(2)21(16)32-10-9-29(23)7-8-30-19-6-4-3-5-17(19)26-22(30)27-20(15)31/h3-6,11-13H,7-10,23H2,1-2H3,(H,26,27,31). The monoisotopic (exact) mass is 432 g/mol. The third kappa shape index (κ3) is 3.70. The number of anilines is 1. The van der Waals surface area contributed by atoms with Crippen molar-refractivity contribution in [2.24, 2.45) is 12.9 Å². The number of hydrazine groups is 1. The molecule has 4 heterocycles. The molecule has 0 radical (unpaired) electrons. The molecule has 0 fully saturated rings. The molecule has 0 saturated heterocycles. The number of amides is 1. The molecule has 3 aromatic heterocycles. The predicted octanol–water partition coefficient (Wildman–Crippen LogP) is 1.96. The molecular weight excluding hydrogens is 408 g/mol. The van der Waals surface area contributed by atoms with Gasteiger partial charge in [0.15, 0.2) is 0 Å². The average Bonchev–Trinajstić information content (AvgIpc) is 3.31. The van der Waals surface area contributed by atoms with Crippen molar-refractivity contribution in [1.82, 2.24) is 29.3 Å². The van der Waals surface area contributed by atoms with Crippen LogP contribution in [0.3, 0.4) is 0 Å². The number of benzene rings is 1. The maximum absolute atomic E-state index is 13.2. The minimum absolute atomic E-state index is 0.265. The first kappa shape index (κ1) is 20.2. The Morgan fingerprint density at radius 2 is 1.97 bits per heavy atom. The highest BCUT2D eigenvalue weighted by molar-refractivity contribution is 6.04. The zero-order chi connectivity index (χ0) is 22.2. The summed E-state index contributed by atoms with van der Waals surface area (Å²) in [7, 11) is 1.81. The maximum atomic E-state index is 13.2. The summed E-state index contributed by atoms with van der Waals surface area (Å²) in [6, 6.07) is 11.3. The highest BCUT2D eigenvalue weighted by Gasteiger charge is 2.20. The third-order valence-corrected chi connectivity index (χ3v) is 5.48. The molecule has 164 valence electrons. The number of para-hydroxylation sites is 2. The lowest BCUT2D eigenvalue weighted by molar-refractivity contribution is 0.102. The first-order chi connectivity index (χ1) is 15.5. The van der Waals surface area contributed by atoms with Crippen molar-refractivity contribution in [3.8, 4) is 17.1 Å². The summed E-state index contributed by atoms with van der Waals surface area (Å²) in [5, 5.41) is 8.98. The molecule has 2 bridgehead atoms. The second-order valence-electron chi connectivity index (χ2n) is 7.78. The number of hydrogen-bond acceptors (Lipinski definition) is 7. The fourth-order valence-electron chi connectivity index (χ4n) is 3.88. The molecule has 10 nitrogen and oxygen atoms in total. The molecule has 3 N–H and O–H groups in total. The number of rotatable bonds is 0. The number of carbonyl (C=O) groups excluding carboxylic acids is 1. The Hall–Kier alpha value is -3.76. The van der Waals surface area contributed by atoms with E-state index in [2.05, 4.69) is 20.4 Å². The molecule has 1 aromatic carbocycles. The molecule has 0 atom stereocenters. The number of carbonyl (C=O) groups is 1. The Balaban J connectivity index is 1.61. The van der Waals surface area contributed by atoms with E-state index < -0.39 is 0 Å². The van der Waals surface area contributed by atoms with Crippen LogP contribution in [0.2, 0.25) is 0 Å². The van der Waals surface area contributed by atoms with Crippen molar-refractivity contribution in [3.63, 3.8) is 0 Å². The van der Waals surface area contributed by atoms with Gasteiger partial charge in [-0.1, -0.05) is 12.1 Å². The van der Waals surface area contributed by atoms with Gasteiger partial charge in [0, 0.05) is 37.9 Å². The summed E-state index contributed by atoms with van der Waals surface area (Å²) in [5.74, 6) is 7.01. The summed E-state index contributed by atoms with van der Waals surface area (Å²) >= 11 is 0.